The van der Waals surface area contributed by atoms with Crippen LogP contribution < -0.4 is 3.61 Å². The van der Waals surface area contributed by atoms with Gasteiger partial charge in [0.2, 0.25) is 0 Å². The van der Waals surface area contributed by atoms with Crippen LogP contribution in [0.4, 0.5) is 0 Å². The van der Waals surface area contributed by atoms with Gasteiger partial charge in [0.05, 0.1) is 0 Å². The van der Waals surface area contributed by atoms with E-state index in [4.69, 9.17) is 0 Å². The summed E-state index contributed by atoms with van der Waals surface area (Å²) < 4.78 is 2.16. The van der Waals surface area contributed by atoms with Crippen molar-refractivity contribution in [2.45, 2.75) is 0 Å². The number of aldehydes is 1. The summed E-state index contributed by atoms with van der Waals surface area (Å²) in [6.07, 6.45) is 2.91. The second-order valence-electron chi connectivity index (χ2n) is 2.67. The Morgan fingerprint density at radius 2 is 1.92 bits per heavy atom. The van der Waals surface area contributed by atoms with Gasteiger partial charge in [-0.2, -0.15) is 0 Å². The van der Waals surface area contributed by atoms with Crippen LogP contribution in [0.25, 0.3) is 6.08 Å². The van der Waals surface area contributed by atoms with Crippen molar-refractivity contribution in [3.05, 3.63) is 33.4 Å². The molecule has 0 unspecified atom stereocenters. The topological polar surface area (TPSA) is 17.1 Å². The van der Waals surface area contributed by atoms with Crippen LogP contribution in [0.15, 0.2) is 27.9 Å². The second-order valence-corrected chi connectivity index (χ2v) is 26.8. The number of hydrogen-bond acceptors (Lipinski definition) is 1. The molecule has 0 radical (unpaired) electrons. The average Bonchev–Trinajstić information content (AvgIpc) is 2.39. The number of hydrogen-bond donors (Lipinski definition) is 0. The maximum atomic E-state index is 10.8. The van der Waals surface area contributed by atoms with Crippen LogP contribution in [-0.4, -0.2) is 20.1 Å². The molecule has 0 atom stereocenters. The number of fused-ring (bicyclic) bond motifs is 1. The molecule has 0 N–H and O–H groups in total. The van der Waals surface area contributed by atoms with E-state index in [1.807, 2.05) is 24.3 Å². The standard InChI is InChI=1S/C9H6Br2OTe/c10-13(11)8(6-12)5-7-3-1-2-4-9(7)13/h1-6H. The van der Waals surface area contributed by atoms with Crippen LogP contribution in [0.1, 0.15) is 5.56 Å². The molecule has 1 heterocycles. The summed E-state index contributed by atoms with van der Waals surface area (Å²) in [5.74, 6) is 0. The Morgan fingerprint density at radius 3 is 2.54 bits per heavy atom. The fourth-order valence-electron chi connectivity index (χ4n) is 1.28. The Bertz CT molecular complexity index is 398. The van der Waals surface area contributed by atoms with Gasteiger partial charge in [-0.3, -0.25) is 0 Å². The van der Waals surface area contributed by atoms with Crippen LogP contribution >= 0.6 is 25.5 Å². The molecule has 0 bridgehead atoms. The molecule has 0 amide bonds. The van der Waals surface area contributed by atoms with Crippen LogP contribution in [0.2, 0.25) is 0 Å². The van der Waals surface area contributed by atoms with E-state index in [1.165, 1.54) is 9.17 Å². The van der Waals surface area contributed by atoms with Crippen molar-refractivity contribution in [3.63, 3.8) is 0 Å². The maximum absolute atomic E-state index is 10.8. The predicted molar refractivity (Wildman–Crippen MR) is 63.7 cm³/mol. The first kappa shape index (κ1) is 9.92. The molecule has 0 aromatic heterocycles. The van der Waals surface area contributed by atoms with Crippen molar-refractivity contribution < 1.29 is 4.79 Å². The SMILES string of the molecule is O=CC1=Cc2ccccc2[Te]1(Br)Br. The summed E-state index contributed by atoms with van der Waals surface area (Å²) >= 11 is 4.83. The Labute approximate surface area is 92.6 Å². The van der Waals surface area contributed by atoms with E-state index in [9.17, 15) is 4.79 Å². The Balaban J connectivity index is 2.64. The molecular formula is C9H6Br2OTe. The zero-order valence-corrected chi connectivity index (χ0v) is 12.0. The van der Waals surface area contributed by atoms with E-state index in [2.05, 4.69) is 31.6 Å². The molecule has 2 rings (SSSR count). The summed E-state index contributed by atoms with van der Waals surface area (Å²) in [6, 6.07) is 8.10. The number of carbonyl (C=O) groups excluding carboxylic acids is 1. The first-order valence-electron chi connectivity index (χ1n) is 3.65. The number of allylic oxidation sites excluding steroid dienone is 1. The fourth-order valence-corrected chi connectivity index (χ4v) is 11.3. The van der Waals surface area contributed by atoms with Gasteiger partial charge in [-0.05, 0) is 0 Å². The van der Waals surface area contributed by atoms with Gasteiger partial charge in [0.25, 0.3) is 0 Å². The van der Waals surface area contributed by atoms with Gasteiger partial charge >= 0.3 is 93.5 Å². The van der Waals surface area contributed by atoms with Crippen LogP contribution in [-0.2, 0) is 4.79 Å². The third-order valence-corrected chi connectivity index (χ3v) is 16.5. The molecule has 0 aliphatic carbocycles. The van der Waals surface area contributed by atoms with Crippen molar-refractivity contribution in [2.75, 3.05) is 0 Å². The van der Waals surface area contributed by atoms with Gasteiger partial charge in [0.15, 0.2) is 0 Å². The van der Waals surface area contributed by atoms with Crippen molar-refractivity contribution in [2.24, 2.45) is 0 Å². The number of halogens is 2. The first-order valence-corrected chi connectivity index (χ1v) is 16.4. The van der Waals surface area contributed by atoms with E-state index in [0.717, 1.165) is 9.91 Å². The van der Waals surface area contributed by atoms with Gasteiger partial charge in [-0.1, -0.05) is 0 Å². The zero-order chi connectivity index (χ0) is 9.47. The van der Waals surface area contributed by atoms with Crippen LogP contribution in [0.3, 0.4) is 0 Å². The molecule has 0 spiro atoms. The summed E-state index contributed by atoms with van der Waals surface area (Å²) in [5, 5.41) is 0. The van der Waals surface area contributed by atoms with Crippen molar-refractivity contribution >= 4 is 55.2 Å². The van der Waals surface area contributed by atoms with E-state index in [0.29, 0.717) is 0 Å². The zero-order valence-electron chi connectivity index (χ0n) is 6.54. The Hall–Kier alpha value is 0.380. The van der Waals surface area contributed by atoms with E-state index >= 15 is 0 Å². The summed E-state index contributed by atoms with van der Waals surface area (Å²) in [6.45, 7) is 0. The van der Waals surface area contributed by atoms with Crippen LogP contribution in [0, 0.1) is 0 Å². The minimum atomic E-state index is -2.52. The van der Waals surface area contributed by atoms with E-state index in [-0.39, 0.29) is 0 Å². The molecule has 1 nitrogen and oxygen atoms in total. The predicted octanol–water partition coefficient (Wildman–Crippen LogP) is 2.26. The molecule has 1 aliphatic heterocycles. The number of rotatable bonds is 1. The molecule has 1 aromatic carbocycles. The van der Waals surface area contributed by atoms with Gasteiger partial charge in [-0.25, -0.2) is 0 Å². The molecule has 0 saturated heterocycles. The summed E-state index contributed by atoms with van der Waals surface area (Å²) in [7, 11) is 0. The molecule has 1 aliphatic rings. The van der Waals surface area contributed by atoms with Crippen molar-refractivity contribution in [1.29, 1.82) is 0 Å². The molecule has 1 aromatic rings. The van der Waals surface area contributed by atoms with Gasteiger partial charge in [-0.15, -0.1) is 0 Å². The Kier molecular flexibility index (Phi) is 2.68. The molecule has 13 heavy (non-hydrogen) atoms. The normalized spacial score (nSPS) is 20.3. The first-order chi connectivity index (χ1) is 6.16. The monoisotopic (exact) mass is 418 g/mol. The third-order valence-electron chi connectivity index (χ3n) is 1.91. The van der Waals surface area contributed by atoms with Crippen molar-refractivity contribution in [1.82, 2.24) is 0 Å². The van der Waals surface area contributed by atoms with Crippen LogP contribution in [0.5, 0.6) is 0 Å². The summed E-state index contributed by atoms with van der Waals surface area (Å²) in [4.78, 5) is 10.8. The third kappa shape index (κ3) is 1.55. The van der Waals surface area contributed by atoms with Gasteiger partial charge in [0, 0.05) is 0 Å². The minimum absolute atomic E-state index is 0.893. The van der Waals surface area contributed by atoms with E-state index in [1.54, 1.807) is 0 Å². The van der Waals surface area contributed by atoms with Gasteiger partial charge in [0.1, 0.15) is 0 Å². The fraction of sp³-hybridized carbons (Fsp3) is 0. The molecular weight excluding hydrogens is 412 g/mol. The molecule has 4 heteroatoms. The summed E-state index contributed by atoms with van der Waals surface area (Å²) in [5.41, 5.74) is 1.17. The Morgan fingerprint density at radius 1 is 1.23 bits per heavy atom. The average molecular weight is 418 g/mol. The molecule has 68 valence electrons. The molecule has 0 fully saturated rings. The quantitative estimate of drug-likeness (QED) is 0.506. The number of carbonyl (C=O) groups is 1. The second kappa shape index (κ2) is 3.51. The van der Waals surface area contributed by atoms with Crippen molar-refractivity contribution in [3.8, 4) is 0 Å². The number of benzene rings is 1. The van der Waals surface area contributed by atoms with E-state index < -0.39 is 13.8 Å². The van der Waals surface area contributed by atoms with Gasteiger partial charge < -0.3 is 0 Å². The molecule has 0 saturated carbocycles.